The molecule has 3 amide bonds. The van der Waals surface area contributed by atoms with Crippen molar-refractivity contribution in [3.8, 4) is 0 Å². The van der Waals surface area contributed by atoms with Crippen molar-refractivity contribution in [3.05, 3.63) is 80.4 Å². The monoisotopic (exact) mass is 476 g/mol. The molecule has 2 bridgehead atoms. The predicted octanol–water partition coefficient (Wildman–Crippen LogP) is 4.02. The van der Waals surface area contributed by atoms with Gasteiger partial charge < -0.3 is 20.1 Å². The SMILES string of the molecule is CC(=O)c1ccc(NC(=O)N2C[C@@H]3C[C@H](C2)c2ccc(NC(=O)c4cccs4)c(=O)n2C3)cc1. The van der Waals surface area contributed by atoms with E-state index in [9.17, 15) is 19.2 Å². The molecule has 0 unspecified atom stereocenters. The van der Waals surface area contributed by atoms with E-state index in [1.54, 1.807) is 51.9 Å². The molecule has 4 heterocycles. The molecule has 1 saturated heterocycles. The standard InChI is InChI=1S/C25H24N4O4S/c1-15(30)17-4-6-19(7-5-17)26-25(33)28-12-16-11-18(14-28)21-9-8-20(24(32)29(21)13-16)27-23(31)22-3-2-10-34-22/h2-10,16,18H,11-14H2,1H3,(H,26,33)(H,27,31)/t16-,18+/m0/s1. The number of urea groups is 1. The second-order valence-corrected chi connectivity index (χ2v) is 9.73. The van der Waals surface area contributed by atoms with E-state index in [-0.39, 0.29) is 40.8 Å². The Hall–Kier alpha value is -3.72. The average molecular weight is 477 g/mol. The molecule has 2 aliphatic heterocycles. The highest BCUT2D eigenvalue weighted by Gasteiger charge is 2.36. The lowest BCUT2D eigenvalue weighted by Gasteiger charge is -2.42. The highest BCUT2D eigenvalue weighted by Crippen LogP contribution is 2.35. The van der Waals surface area contributed by atoms with Crippen LogP contribution in [0.25, 0.3) is 0 Å². The van der Waals surface area contributed by atoms with Crippen LogP contribution in [0.15, 0.2) is 58.7 Å². The molecule has 8 nitrogen and oxygen atoms in total. The molecule has 1 fully saturated rings. The number of benzene rings is 1. The highest BCUT2D eigenvalue weighted by molar-refractivity contribution is 7.12. The normalized spacial score (nSPS) is 18.7. The number of carbonyl (C=O) groups excluding carboxylic acids is 3. The van der Waals surface area contributed by atoms with Crippen LogP contribution in [0.3, 0.4) is 0 Å². The first-order chi connectivity index (χ1) is 16.4. The maximum absolute atomic E-state index is 13.1. The molecule has 2 aliphatic rings. The predicted molar refractivity (Wildman–Crippen MR) is 131 cm³/mol. The van der Waals surface area contributed by atoms with Gasteiger partial charge in [0, 0.05) is 42.5 Å². The van der Waals surface area contributed by atoms with Crippen molar-refractivity contribution in [2.24, 2.45) is 5.92 Å². The third-order valence-electron chi connectivity index (χ3n) is 6.43. The van der Waals surface area contributed by atoms with E-state index in [0.717, 1.165) is 12.1 Å². The van der Waals surface area contributed by atoms with Crippen molar-refractivity contribution < 1.29 is 14.4 Å². The number of hydrogen-bond acceptors (Lipinski definition) is 5. The molecule has 0 saturated carbocycles. The molecule has 1 aromatic carbocycles. The summed E-state index contributed by atoms with van der Waals surface area (Å²) in [4.78, 5) is 52.2. The number of likely N-dealkylation sites (tertiary alicyclic amines) is 1. The van der Waals surface area contributed by atoms with Gasteiger partial charge in [-0.1, -0.05) is 6.07 Å². The van der Waals surface area contributed by atoms with Gasteiger partial charge in [0.1, 0.15) is 5.69 Å². The Morgan fingerprint density at radius 2 is 1.76 bits per heavy atom. The van der Waals surface area contributed by atoms with Crippen LogP contribution in [-0.2, 0) is 6.54 Å². The summed E-state index contributed by atoms with van der Waals surface area (Å²) < 4.78 is 1.75. The van der Waals surface area contributed by atoms with E-state index in [4.69, 9.17) is 0 Å². The number of hydrogen-bond donors (Lipinski definition) is 2. The van der Waals surface area contributed by atoms with Gasteiger partial charge in [-0.05, 0) is 67.1 Å². The number of fused-ring (bicyclic) bond motifs is 4. The van der Waals surface area contributed by atoms with Gasteiger partial charge in [-0.25, -0.2) is 4.79 Å². The van der Waals surface area contributed by atoms with Gasteiger partial charge in [-0.15, -0.1) is 11.3 Å². The van der Waals surface area contributed by atoms with Crippen molar-refractivity contribution in [1.82, 2.24) is 9.47 Å². The number of rotatable bonds is 4. The number of pyridine rings is 1. The molecular formula is C25H24N4O4S. The molecule has 2 aromatic heterocycles. The maximum Gasteiger partial charge on any atom is 0.321 e. The van der Waals surface area contributed by atoms with Gasteiger partial charge in [0.05, 0.1) is 4.88 Å². The Labute approximate surface area is 200 Å². The average Bonchev–Trinajstić information content (AvgIpc) is 3.37. The van der Waals surface area contributed by atoms with E-state index < -0.39 is 0 Å². The maximum atomic E-state index is 13.1. The topological polar surface area (TPSA) is 101 Å². The summed E-state index contributed by atoms with van der Waals surface area (Å²) in [5, 5.41) is 7.46. The molecule has 0 radical (unpaired) electrons. The number of carbonyl (C=O) groups is 3. The van der Waals surface area contributed by atoms with Crippen molar-refractivity contribution in [1.29, 1.82) is 0 Å². The third-order valence-corrected chi connectivity index (χ3v) is 7.30. The van der Waals surface area contributed by atoms with Crippen LogP contribution < -0.4 is 16.2 Å². The Bertz CT molecular complexity index is 1310. The van der Waals surface area contributed by atoms with Crippen molar-refractivity contribution in [2.45, 2.75) is 25.8 Å². The van der Waals surface area contributed by atoms with Gasteiger partial charge in [0.25, 0.3) is 11.5 Å². The van der Waals surface area contributed by atoms with Crippen LogP contribution >= 0.6 is 11.3 Å². The molecule has 0 spiro atoms. The second-order valence-electron chi connectivity index (χ2n) is 8.79. The third kappa shape index (κ3) is 4.26. The summed E-state index contributed by atoms with van der Waals surface area (Å²) in [6.07, 6.45) is 0.914. The van der Waals surface area contributed by atoms with Crippen LogP contribution in [0.5, 0.6) is 0 Å². The Kier molecular flexibility index (Phi) is 5.79. The molecule has 2 atom stereocenters. The van der Waals surface area contributed by atoms with E-state index in [0.29, 0.717) is 35.8 Å². The van der Waals surface area contributed by atoms with Crippen LogP contribution in [0.4, 0.5) is 16.2 Å². The molecule has 9 heteroatoms. The summed E-state index contributed by atoms with van der Waals surface area (Å²) in [6, 6.07) is 13.7. The Balaban J connectivity index is 1.30. The van der Waals surface area contributed by atoms with Gasteiger partial charge in [-0.2, -0.15) is 0 Å². The van der Waals surface area contributed by atoms with E-state index >= 15 is 0 Å². The minimum Gasteiger partial charge on any atom is -0.324 e. The van der Waals surface area contributed by atoms with E-state index in [1.807, 2.05) is 11.4 Å². The zero-order valence-corrected chi connectivity index (χ0v) is 19.4. The number of thiophene rings is 1. The minimum absolute atomic E-state index is 0.0233. The second kappa shape index (κ2) is 8.90. The van der Waals surface area contributed by atoms with Gasteiger partial charge in [0.15, 0.2) is 5.78 Å². The van der Waals surface area contributed by atoms with Crippen LogP contribution in [0, 0.1) is 5.92 Å². The zero-order valence-electron chi connectivity index (χ0n) is 18.6. The smallest absolute Gasteiger partial charge is 0.321 e. The van der Waals surface area contributed by atoms with Gasteiger partial charge in [-0.3, -0.25) is 14.4 Å². The number of Topliss-reactive ketones (excluding diaryl/α,β-unsaturated/α-hetero) is 1. The molecule has 2 N–H and O–H groups in total. The number of ketones is 1. The summed E-state index contributed by atoms with van der Waals surface area (Å²) in [6.45, 7) is 3.06. The first-order valence-electron chi connectivity index (χ1n) is 11.1. The quantitative estimate of drug-likeness (QED) is 0.556. The Morgan fingerprint density at radius 3 is 2.47 bits per heavy atom. The number of nitrogens with one attached hydrogen (secondary N) is 2. The molecular weight excluding hydrogens is 452 g/mol. The minimum atomic E-state index is -0.289. The fraction of sp³-hybridized carbons (Fsp3) is 0.280. The lowest BCUT2D eigenvalue weighted by atomic mass is 9.83. The zero-order chi connectivity index (χ0) is 23.8. The lowest BCUT2D eigenvalue weighted by Crippen LogP contribution is -2.50. The fourth-order valence-electron chi connectivity index (χ4n) is 4.79. The summed E-state index contributed by atoms with van der Waals surface area (Å²) in [5.74, 6) is -0.112. The van der Waals surface area contributed by atoms with Crippen molar-refractivity contribution in [2.75, 3.05) is 23.7 Å². The first kappa shape index (κ1) is 22.1. The summed E-state index contributed by atoms with van der Waals surface area (Å²) in [7, 11) is 0. The molecule has 3 aromatic rings. The number of anilines is 2. The number of amides is 3. The molecule has 0 aliphatic carbocycles. The number of piperidine rings is 1. The summed E-state index contributed by atoms with van der Waals surface area (Å²) in [5.41, 5.74) is 2.18. The van der Waals surface area contributed by atoms with E-state index in [1.165, 1.54) is 18.3 Å². The molecule has 174 valence electrons. The van der Waals surface area contributed by atoms with E-state index in [2.05, 4.69) is 10.6 Å². The fourth-order valence-corrected chi connectivity index (χ4v) is 5.41. The Morgan fingerprint density at radius 1 is 0.971 bits per heavy atom. The van der Waals surface area contributed by atoms with Crippen molar-refractivity contribution in [3.63, 3.8) is 0 Å². The molecule has 5 rings (SSSR count). The first-order valence-corrected chi connectivity index (χ1v) is 12.0. The van der Waals surface area contributed by atoms with Crippen LogP contribution in [-0.4, -0.2) is 40.3 Å². The van der Waals surface area contributed by atoms with Gasteiger partial charge in [0.2, 0.25) is 0 Å². The largest absolute Gasteiger partial charge is 0.324 e. The number of nitrogens with zero attached hydrogens (tertiary/aromatic N) is 2. The summed E-state index contributed by atoms with van der Waals surface area (Å²) >= 11 is 1.32. The molecule has 34 heavy (non-hydrogen) atoms. The highest BCUT2D eigenvalue weighted by atomic mass is 32.1. The van der Waals surface area contributed by atoms with Crippen LogP contribution in [0.2, 0.25) is 0 Å². The lowest BCUT2D eigenvalue weighted by molar-refractivity contribution is 0.101. The number of aromatic nitrogens is 1. The van der Waals surface area contributed by atoms with Gasteiger partial charge >= 0.3 is 6.03 Å². The van der Waals surface area contributed by atoms with Crippen molar-refractivity contribution >= 4 is 40.4 Å². The van der Waals surface area contributed by atoms with Crippen LogP contribution in [0.1, 0.15) is 45.0 Å².